The summed E-state index contributed by atoms with van der Waals surface area (Å²) < 4.78 is 13.1. The van der Waals surface area contributed by atoms with Gasteiger partial charge in [0, 0.05) is 13.0 Å². The Balaban J connectivity index is 1.96. The van der Waals surface area contributed by atoms with Crippen molar-refractivity contribution in [2.24, 2.45) is 10.8 Å². The lowest BCUT2D eigenvalue weighted by Gasteiger charge is -2.24. The fraction of sp³-hybridized carbons (Fsp3) is 0.188. The van der Waals surface area contributed by atoms with Crippen molar-refractivity contribution >= 4 is 11.4 Å². The van der Waals surface area contributed by atoms with Crippen LogP contribution in [0.1, 0.15) is 18.0 Å². The first-order valence-corrected chi connectivity index (χ1v) is 6.64. The van der Waals surface area contributed by atoms with Gasteiger partial charge in [-0.05, 0) is 29.8 Å². The molecular formula is C16H16FN3. The molecule has 0 radical (unpaired) electrons. The molecule has 4 heteroatoms. The average Bonchev–Trinajstić information content (AvgIpc) is 2.93. The van der Waals surface area contributed by atoms with Crippen molar-refractivity contribution < 1.29 is 4.39 Å². The van der Waals surface area contributed by atoms with E-state index in [2.05, 4.69) is 17.2 Å². The van der Waals surface area contributed by atoms with Gasteiger partial charge in [0.1, 0.15) is 5.82 Å². The van der Waals surface area contributed by atoms with Crippen LogP contribution in [-0.4, -0.2) is 12.3 Å². The largest absolute Gasteiger partial charge is 0.325 e. The highest BCUT2D eigenvalue weighted by Gasteiger charge is 2.28. The third-order valence-electron chi connectivity index (χ3n) is 3.48. The summed E-state index contributed by atoms with van der Waals surface area (Å²) >= 11 is 0. The molecule has 0 aromatic heterocycles. The zero-order valence-electron chi connectivity index (χ0n) is 11.0. The normalized spacial score (nSPS) is 18.2. The van der Waals surface area contributed by atoms with Gasteiger partial charge in [-0.1, -0.05) is 30.3 Å². The Morgan fingerprint density at radius 2 is 1.80 bits per heavy atom. The maximum Gasteiger partial charge on any atom is 0.123 e. The fourth-order valence-electron chi connectivity index (χ4n) is 2.46. The molecule has 0 fully saturated rings. The minimum Gasteiger partial charge on any atom is -0.325 e. The highest BCUT2D eigenvalue weighted by atomic mass is 19.1. The van der Waals surface area contributed by atoms with Gasteiger partial charge >= 0.3 is 0 Å². The third kappa shape index (κ3) is 2.42. The van der Waals surface area contributed by atoms with Crippen LogP contribution in [0.2, 0.25) is 0 Å². The zero-order valence-corrected chi connectivity index (χ0v) is 11.0. The number of rotatable bonds is 3. The van der Waals surface area contributed by atoms with Crippen LogP contribution in [0.3, 0.4) is 0 Å². The Morgan fingerprint density at radius 3 is 2.45 bits per heavy atom. The van der Waals surface area contributed by atoms with Crippen molar-refractivity contribution in [2.75, 3.05) is 11.6 Å². The first-order chi connectivity index (χ1) is 9.78. The molecule has 1 atom stereocenters. The quantitative estimate of drug-likeness (QED) is 0.930. The second-order valence-electron chi connectivity index (χ2n) is 4.82. The summed E-state index contributed by atoms with van der Waals surface area (Å²) in [7, 11) is 0. The third-order valence-corrected chi connectivity index (χ3v) is 3.48. The van der Waals surface area contributed by atoms with Gasteiger partial charge in [0.2, 0.25) is 0 Å². The molecule has 3 nitrogen and oxygen atoms in total. The van der Waals surface area contributed by atoms with Gasteiger partial charge < -0.3 is 5.73 Å². The SMILES string of the molecule is NCC1=NN(c2ccc(F)cc2)C(c2ccccc2)C1. The summed E-state index contributed by atoms with van der Waals surface area (Å²) in [5.41, 5.74) is 8.75. The Labute approximate surface area is 117 Å². The number of hydrogen-bond acceptors (Lipinski definition) is 3. The van der Waals surface area contributed by atoms with E-state index >= 15 is 0 Å². The molecule has 102 valence electrons. The number of hydrazone groups is 1. The molecule has 0 bridgehead atoms. The predicted octanol–water partition coefficient (Wildman–Crippen LogP) is 3.09. The Bertz CT molecular complexity index is 607. The standard InChI is InChI=1S/C16H16FN3/c17-13-6-8-15(9-7-13)20-16(10-14(11-18)19-20)12-4-2-1-3-5-12/h1-9,16H,10-11,18H2. The molecule has 3 rings (SSSR count). The summed E-state index contributed by atoms with van der Waals surface area (Å²) in [6.45, 7) is 0.445. The molecule has 0 spiro atoms. The second kappa shape index (κ2) is 5.43. The smallest absolute Gasteiger partial charge is 0.123 e. The van der Waals surface area contributed by atoms with Gasteiger partial charge in [-0.25, -0.2) is 4.39 Å². The lowest BCUT2D eigenvalue weighted by Crippen LogP contribution is -2.18. The maximum atomic E-state index is 13.1. The van der Waals surface area contributed by atoms with Crippen LogP contribution in [0.4, 0.5) is 10.1 Å². The number of anilines is 1. The van der Waals surface area contributed by atoms with Crippen LogP contribution < -0.4 is 10.7 Å². The van der Waals surface area contributed by atoms with Crippen LogP contribution >= 0.6 is 0 Å². The van der Waals surface area contributed by atoms with E-state index in [4.69, 9.17) is 5.73 Å². The summed E-state index contributed by atoms with van der Waals surface area (Å²) in [6, 6.07) is 16.7. The van der Waals surface area contributed by atoms with Crippen molar-refractivity contribution in [1.82, 2.24) is 0 Å². The van der Waals surface area contributed by atoms with Gasteiger partial charge in [0.15, 0.2) is 0 Å². The number of hydrogen-bond donors (Lipinski definition) is 1. The Kier molecular flexibility index (Phi) is 3.48. The topological polar surface area (TPSA) is 41.6 Å². The van der Waals surface area contributed by atoms with Crippen molar-refractivity contribution in [3.05, 3.63) is 66.0 Å². The molecule has 0 amide bonds. The molecule has 2 aromatic carbocycles. The summed E-state index contributed by atoms with van der Waals surface area (Å²) in [6.07, 6.45) is 0.803. The summed E-state index contributed by atoms with van der Waals surface area (Å²) in [5, 5.41) is 6.49. The zero-order chi connectivity index (χ0) is 13.9. The van der Waals surface area contributed by atoms with E-state index in [1.165, 1.54) is 17.7 Å². The average molecular weight is 269 g/mol. The number of benzene rings is 2. The molecule has 2 aromatic rings. The lowest BCUT2D eigenvalue weighted by atomic mass is 10.0. The minimum absolute atomic E-state index is 0.125. The molecule has 1 aliphatic heterocycles. The van der Waals surface area contributed by atoms with Crippen LogP contribution in [0.5, 0.6) is 0 Å². The maximum absolute atomic E-state index is 13.1. The van der Waals surface area contributed by atoms with E-state index < -0.39 is 0 Å². The predicted molar refractivity (Wildman–Crippen MR) is 79.2 cm³/mol. The van der Waals surface area contributed by atoms with E-state index in [0.717, 1.165) is 17.8 Å². The number of nitrogens with two attached hydrogens (primary N) is 1. The molecule has 20 heavy (non-hydrogen) atoms. The first-order valence-electron chi connectivity index (χ1n) is 6.64. The monoisotopic (exact) mass is 269 g/mol. The van der Waals surface area contributed by atoms with Crippen molar-refractivity contribution in [3.8, 4) is 0 Å². The van der Waals surface area contributed by atoms with E-state index in [1.807, 2.05) is 23.2 Å². The van der Waals surface area contributed by atoms with E-state index in [1.54, 1.807) is 12.1 Å². The Hall–Kier alpha value is -2.20. The molecule has 2 N–H and O–H groups in total. The number of halogens is 1. The molecule has 0 saturated carbocycles. The summed E-state index contributed by atoms with van der Waals surface area (Å²) in [5.74, 6) is -0.243. The molecule has 0 aliphatic carbocycles. The Morgan fingerprint density at radius 1 is 1.10 bits per heavy atom. The van der Waals surface area contributed by atoms with Gasteiger partial charge in [0.25, 0.3) is 0 Å². The van der Waals surface area contributed by atoms with E-state index in [-0.39, 0.29) is 11.9 Å². The van der Waals surface area contributed by atoms with Gasteiger partial charge in [-0.3, -0.25) is 5.01 Å². The molecule has 1 unspecified atom stereocenters. The van der Waals surface area contributed by atoms with Crippen molar-refractivity contribution in [2.45, 2.75) is 12.5 Å². The van der Waals surface area contributed by atoms with E-state index in [9.17, 15) is 4.39 Å². The van der Waals surface area contributed by atoms with Gasteiger partial charge in [-0.2, -0.15) is 5.10 Å². The highest BCUT2D eigenvalue weighted by molar-refractivity contribution is 5.90. The summed E-state index contributed by atoms with van der Waals surface area (Å²) in [4.78, 5) is 0. The molecule has 0 saturated heterocycles. The molecular weight excluding hydrogens is 253 g/mol. The number of nitrogens with zero attached hydrogens (tertiary/aromatic N) is 2. The van der Waals surface area contributed by atoms with Crippen LogP contribution in [0.15, 0.2) is 59.7 Å². The van der Waals surface area contributed by atoms with Crippen LogP contribution in [-0.2, 0) is 0 Å². The highest BCUT2D eigenvalue weighted by Crippen LogP contribution is 2.34. The molecule has 1 aliphatic rings. The van der Waals surface area contributed by atoms with Crippen molar-refractivity contribution in [3.63, 3.8) is 0 Å². The van der Waals surface area contributed by atoms with E-state index in [0.29, 0.717) is 6.54 Å². The van der Waals surface area contributed by atoms with Gasteiger partial charge in [-0.15, -0.1) is 0 Å². The second-order valence-corrected chi connectivity index (χ2v) is 4.82. The lowest BCUT2D eigenvalue weighted by molar-refractivity contribution is 0.626. The first kappa shape index (κ1) is 12.8. The van der Waals surface area contributed by atoms with Gasteiger partial charge in [0.05, 0.1) is 17.4 Å². The van der Waals surface area contributed by atoms with Crippen LogP contribution in [0, 0.1) is 5.82 Å². The van der Waals surface area contributed by atoms with Crippen molar-refractivity contribution in [1.29, 1.82) is 0 Å². The fourth-order valence-corrected chi connectivity index (χ4v) is 2.46. The minimum atomic E-state index is -0.243. The van der Waals surface area contributed by atoms with Crippen LogP contribution in [0.25, 0.3) is 0 Å². The molecule has 1 heterocycles.